The molecule has 8 heteroatoms. The molecule has 1 aromatic heterocycles. The summed E-state index contributed by atoms with van der Waals surface area (Å²) in [4.78, 5) is 11.7. The van der Waals surface area contributed by atoms with E-state index < -0.39 is 0 Å². The number of aliphatic hydroxyl groups is 1. The van der Waals surface area contributed by atoms with Gasteiger partial charge in [0.05, 0.1) is 40.8 Å². The maximum absolute atomic E-state index is 9.99. The summed E-state index contributed by atoms with van der Waals surface area (Å²) in [5.74, 6) is 0.724. The van der Waals surface area contributed by atoms with Crippen LogP contribution in [-0.2, 0) is 11.3 Å². The highest BCUT2D eigenvalue weighted by molar-refractivity contribution is 6.43. The maximum Gasteiger partial charge on any atom is 0.153 e. The number of ether oxygens (including phenoxy) is 1. The summed E-state index contributed by atoms with van der Waals surface area (Å²) in [6, 6.07) is 5.48. The van der Waals surface area contributed by atoms with Crippen molar-refractivity contribution in [3.05, 3.63) is 39.6 Å². The summed E-state index contributed by atoms with van der Waals surface area (Å²) in [7, 11) is 0. The summed E-state index contributed by atoms with van der Waals surface area (Å²) >= 11 is 12.5. The fraction of sp³-hybridized carbons (Fsp3) is 0.545. The van der Waals surface area contributed by atoms with E-state index in [0.717, 1.165) is 37.4 Å². The molecule has 2 saturated heterocycles. The first-order valence-corrected chi connectivity index (χ1v) is 10.7. The summed E-state index contributed by atoms with van der Waals surface area (Å²) in [5, 5.41) is 10.9. The van der Waals surface area contributed by atoms with E-state index in [-0.39, 0.29) is 31.6 Å². The molecule has 3 heterocycles. The third-order valence-corrected chi connectivity index (χ3v) is 7.20. The predicted octanol–water partition coefficient (Wildman–Crippen LogP) is 4.22. The van der Waals surface area contributed by atoms with E-state index in [0.29, 0.717) is 33.6 Å². The second kappa shape index (κ2) is 8.97. The second-order valence-corrected chi connectivity index (χ2v) is 8.86. The average molecular weight is 453 g/mol. The van der Waals surface area contributed by atoms with Gasteiger partial charge in [-0.3, -0.25) is 0 Å². The van der Waals surface area contributed by atoms with E-state index in [2.05, 4.69) is 4.90 Å². The van der Waals surface area contributed by atoms with Gasteiger partial charge in [0.25, 0.3) is 0 Å². The number of nitrogens with zero attached hydrogens (tertiary/aromatic N) is 3. The number of halogens is 2. The lowest BCUT2D eigenvalue weighted by atomic mass is 9.73. The number of anilines is 1. The molecule has 2 atom stereocenters. The number of aromatic nitrogens is 2. The number of hydrogen-bond acceptors (Lipinski definition) is 6. The number of rotatable bonds is 3. The Hall–Kier alpha value is -1.44. The SMILES string of the molecule is C.Cc1nc(N2CCC3(CC2)CO[C@@H](C)[C@H]3N)c(CO)nc1-c1cccc(Cl)c1Cl. The summed E-state index contributed by atoms with van der Waals surface area (Å²) in [6.07, 6.45) is 1.97. The van der Waals surface area contributed by atoms with Crippen LogP contribution in [0.25, 0.3) is 11.3 Å². The van der Waals surface area contributed by atoms with Crippen molar-refractivity contribution in [1.82, 2.24) is 9.97 Å². The lowest BCUT2D eigenvalue weighted by Crippen LogP contribution is -2.51. The van der Waals surface area contributed by atoms with E-state index in [9.17, 15) is 5.11 Å². The third kappa shape index (κ3) is 3.92. The average Bonchev–Trinajstić information content (AvgIpc) is 2.99. The molecule has 0 aliphatic carbocycles. The molecule has 1 spiro atoms. The molecule has 164 valence electrons. The van der Waals surface area contributed by atoms with E-state index >= 15 is 0 Å². The highest BCUT2D eigenvalue weighted by Gasteiger charge is 2.47. The van der Waals surface area contributed by atoms with E-state index in [1.807, 2.05) is 26.0 Å². The van der Waals surface area contributed by atoms with E-state index in [1.165, 1.54) is 0 Å². The molecule has 0 unspecified atom stereocenters. The van der Waals surface area contributed by atoms with Crippen molar-refractivity contribution in [2.45, 2.75) is 52.9 Å². The van der Waals surface area contributed by atoms with Crippen LogP contribution in [0.2, 0.25) is 10.0 Å². The van der Waals surface area contributed by atoms with Crippen molar-refractivity contribution in [2.24, 2.45) is 11.1 Å². The largest absolute Gasteiger partial charge is 0.390 e. The molecule has 2 aliphatic rings. The van der Waals surface area contributed by atoms with Crippen LogP contribution in [0.15, 0.2) is 18.2 Å². The second-order valence-electron chi connectivity index (χ2n) is 8.08. The quantitative estimate of drug-likeness (QED) is 0.724. The van der Waals surface area contributed by atoms with Gasteiger partial charge in [-0.25, -0.2) is 9.97 Å². The Labute approximate surface area is 188 Å². The molecule has 1 aromatic carbocycles. The molecule has 2 aliphatic heterocycles. The zero-order chi connectivity index (χ0) is 20.8. The minimum Gasteiger partial charge on any atom is -0.390 e. The zero-order valence-electron chi connectivity index (χ0n) is 16.7. The molecule has 4 rings (SSSR count). The van der Waals surface area contributed by atoms with Crippen LogP contribution < -0.4 is 10.6 Å². The Kier molecular flexibility index (Phi) is 6.94. The number of piperidine rings is 1. The lowest BCUT2D eigenvalue weighted by Gasteiger charge is -2.42. The van der Waals surface area contributed by atoms with Gasteiger partial charge in [0.15, 0.2) is 5.82 Å². The normalized spacial score (nSPS) is 22.9. The molecule has 2 fully saturated rings. The summed E-state index contributed by atoms with van der Waals surface area (Å²) in [6.45, 7) is 6.08. The molecule has 0 amide bonds. The minimum absolute atomic E-state index is 0. The third-order valence-electron chi connectivity index (χ3n) is 6.38. The number of nitrogens with two attached hydrogens (primary N) is 1. The summed E-state index contributed by atoms with van der Waals surface area (Å²) < 4.78 is 5.81. The Morgan fingerprint density at radius 2 is 1.97 bits per heavy atom. The number of aryl methyl sites for hydroxylation is 1. The van der Waals surface area contributed by atoms with Crippen LogP contribution in [0.1, 0.15) is 38.6 Å². The monoisotopic (exact) mass is 452 g/mol. The molecule has 0 radical (unpaired) electrons. The fourth-order valence-electron chi connectivity index (χ4n) is 4.48. The van der Waals surface area contributed by atoms with Gasteiger partial charge in [-0.1, -0.05) is 42.8 Å². The van der Waals surface area contributed by atoms with Crippen LogP contribution in [0.3, 0.4) is 0 Å². The van der Waals surface area contributed by atoms with Crippen molar-refractivity contribution in [3.63, 3.8) is 0 Å². The van der Waals surface area contributed by atoms with Crippen molar-refractivity contribution >= 4 is 29.0 Å². The fourth-order valence-corrected chi connectivity index (χ4v) is 4.87. The number of benzene rings is 1. The van der Waals surface area contributed by atoms with Crippen LogP contribution in [0.5, 0.6) is 0 Å². The van der Waals surface area contributed by atoms with Gasteiger partial charge >= 0.3 is 0 Å². The Balaban J connectivity index is 0.00000256. The van der Waals surface area contributed by atoms with Gasteiger partial charge in [0.2, 0.25) is 0 Å². The minimum atomic E-state index is -0.199. The molecule has 0 saturated carbocycles. The van der Waals surface area contributed by atoms with Crippen molar-refractivity contribution < 1.29 is 9.84 Å². The first-order valence-electron chi connectivity index (χ1n) is 9.91. The Morgan fingerprint density at radius 1 is 1.27 bits per heavy atom. The van der Waals surface area contributed by atoms with E-state index in [4.69, 9.17) is 43.6 Å². The van der Waals surface area contributed by atoms with Crippen molar-refractivity contribution in [2.75, 3.05) is 24.6 Å². The summed E-state index contributed by atoms with van der Waals surface area (Å²) in [5.41, 5.74) is 9.10. The van der Waals surface area contributed by atoms with Gasteiger partial charge in [-0.05, 0) is 32.8 Å². The van der Waals surface area contributed by atoms with Crippen LogP contribution >= 0.6 is 23.2 Å². The maximum atomic E-state index is 9.99. The molecular weight excluding hydrogens is 423 g/mol. The van der Waals surface area contributed by atoms with Gasteiger partial charge in [0, 0.05) is 30.1 Å². The highest BCUT2D eigenvalue weighted by Crippen LogP contribution is 2.42. The van der Waals surface area contributed by atoms with Crippen molar-refractivity contribution in [1.29, 1.82) is 0 Å². The Bertz CT molecular complexity index is 916. The van der Waals surface area contributed by atoms with Crippen LogP contribution in [0, 0.1) is 12.3 Å². The molecule has 30 heavy (non-hydrogen) atoms. The van der Waals surface area contributed by atoms with Crippen molar-refractivity contribution in [3.8, 4) is 11.3 Å². The van der Waals surface area contributed by atoms with Gasteiger partial charge in [0.1, 0.15) is 5.69 Å². The van der Waals surface area contributed by atoms with Gasteiger partial charge in [-0.2, -0.15) is 0 Å². The van der Waals surface area contributed by atoms with Gasteiger partial charge < -0.3 is 20.5 Å². The van der Waals surface area contributed by atoms with Crippen LogP contribution in [-0.4, -0.2) is 46.9 Å². The number of aliphatic hydroxyl groups excluding tert-OH is 1. The van der Waals surface area contributed by atoms with Gasteiger partial charge in [-0.15, -0.1) is 0 Å². The smallest absolute Gasteiger partial charge is 0.153 e. The topological polar surface area (TPSA) is 84.5 Å². The number of hydrogen-bond donors (Lipinski definition) is 2. The highest BCUT2D eigenvalue weighted by atomic mass is 35.5. The first kappa shape index (κ1) is 23.2. The standard InChI is InChI=1S/C21H26Cl2N4O2.CH4/c1-12-18(14-4-3-5-15(22)17(14)23)26-16(10-28)20(25-12)27-8-6-21(7-9-27)11-29-13(2)19(21)24;/h3-5,13,19,28H,6-11,24H2,1-2H3;1H4/t13-,19+;/m0./s1. The van der Waals surface area contributed by atoms with Crippen LogP contribution in [0.4, 0.5) is 5.82 Å². The lowest BCUT2D eigenvalue weighted by molar-refractivity contribution is 0.0973. The van der Waals surface area contributed by atoms with E-state index in [1.54, 1.807) is 6.07 Å². The molecule has 0 bridgehead atoms. The molecule has 2 aromatic rings. The molecule has 6 nitrogen and oxygen atoms in total. The first-order chi connectivity index (χ1) is 13.9. The molecule has 3 N–H and O–H groups in total. The Morgan fingerprint density at radius 3 is 2.57 bits per heavy atom. The zero-order valence-corrected chi connectivity index (χ0v) is 18.2. The molecular formula is C22H30Cl2N4O2. The predicted molar refractivity (Wildman–Crippen MR) is 122 cm³/mol.